The number of alkyl halides is 4. The van der Waals surface area contributed by atoms with Gasteiger partial charge in [-0.3, -0.25) is 0 Å². The number of hydrogen-bond donors (Lipinski definition) is 0. The van der Waals surface area contributed by atoms with Gasteiger partial charge in [0.05, 0.1) is 0 Å². The largest absolute Gasteiger partial charge is 0.461 e. The number of ether oxygens (including phenoxy) is 1. The van der Waals surface area contributed by atoms with E-state index in [2.05, 4.69) is 11.7 Å². The van der Waals surface area contributed by atoms with Crippen molar-refractivity contribution in [2.75, 3.05) is 0 Å². The van der Waals surface area contributed by atoms with Crippen molar-refractivity contribution in [3.8, 4) is 28.0 Å². The molecule has 0 saturated carbocycles. The van der Waals surface area contributed by atoms with Crippen molar-refractivity contribution >= 4 is 0 Å². The van der Waals surface area contributed by atoms with Crippen LogP contribution in [0, 0.1) is 17.5 Å². The van der Waals surface area contributed by atoms with Crippen LogP contribution in [-0.4, -0.2) is 12.5 Å². The molecule has 0 spiro atoms. The summed E-state index contributed by atoms with van der Waals surface area (Å²) in [6.07, 6.45) is -7.47. The van der Waals surface area contributed by atoms with Gasteiger partial charge in [-0.25, -0.2) is 13.2 Å². The van der Waals surface area contributed by atoms with Gasteiger partial charge >= 0.3 is 12.5 Å². The van der Waals surface area contributed by atoms with Crippen LogP contribution < -0.4 is 4.74 Å². The lowest BCUT2D eigenvalue weighted by Crippen LogP contribution is -2.34. The highest BCUT2D eigenvalue weighted by Gasteiger charge is 2.45. The van der Waals surface area contributed by atoms with E-state index in [4.69, 9.17) is 0 Å². The highest BCUT2D eigenvalue weighted by atomic mass is 19.3. The van der Waals surface area contributed by atoms with E-state index in [0.29, 0.717) is 17.7 Å². The van der Waals surface area contributed by atoms with Gasteiger partial charge in [-0.1, -0.05) is 49.7 Å². The van der Waals surface area contributed by atoms with Crippen molar-refractivity contribution in [3.63, 3.8) is 0 Å². The van der Waals surface area contributed by atoms with E-state index in [9.17, 15) is 30.7 Å². The summed E-state index contributed by atoms with van der Waals surface area (Å²) in [6, 6.07) is 12.6. The number of hydrogen-bond acceptors (Lipinski definition) is 1. The Labute approximate surface area is 174 Å². The van der Waals surface area contributed by atoms with Crippen LogP contribution in [-0.2, 0) is 6.42 Å². The Morgan fingerprint density at radius 1 is 0.774 bits per heavy atom. The quantitative estimate of drug-likeness (QED) is 0.342. The molecule has 0 amide bonds. The molecule has 0 aromatic heterocycles. The zero-order valence-electron chi connectivity index (χ0n) is 16.2. The molecule has 0 radical (unpaired) electrons. The first-order valence-corrected chi connectivity index (χ1v) is 9.35. The molecule has 3 aromatic rings. The molecule has 164 valence electrons. The van der Waals surface area contributed by atoms with Gasteiger partial charge < -0.3 is 4.74 Å². The number of halogens is 7. The molecule has 0 saturated heterocycles. The van der Waals surface area contributed by atoms with Crippen LogP contribution >= 0.6 is 0 Å². The fourth-order valence-corrected chi connectivity index (χ4v) is 3.07. The van der Waals surface area contributed by atoms with Crippen molar-refractivity contribution in [2.24, 2.45) is 0 Å². The predicted molar refractivity (Wildman–Crippen MR) is 103 cm³/mol. The summed E-state index contributed by atoms with van der Waals surface area (Å²) < 4.78 is 96.8. The first-order valence-electron chi connectivity index (χ1n) is 9.35. The Hall–Kier alpha value is -3.03. The normalized spacial score (nSPS) is 11.8. The van der Waals surface area contributed by atoms with Gasteiger partial charge in [-0.15, -0.1) is 0 Å². The second kappa shape index (κ2) is 8.99. The zero-order valence-corrected chi connectivity index (χ0v) is 16.2. The van der Waals surface area contributed by atoms with Crippen molar-refractivity contribution in [3.05, 3.63) is 77.6 Å². The van der Waals surface area contributed by atoms with Crippen LogP contribution in [0.1, 0.15) is 18.9 Å². The summed E-state index contributed by atoms with van der Waals surface area (Å²) in [4.78, 5) is 0. The van der Waals surface area contributed by atoms with E-state index in [0.717, 1.165) is 24.0 Å². The highest BCUT2D eigenvalue weighted by Crippen LogP contribution is 2.35. The van der Waals surface area contributed by atoms with Gasteiger partial charge in [0.2, 0.25) is 0 Å². The van der Waals surface area contributed by atoms with E-state index in [-0.39, 0.29) is 11.1 Å². The standard InChI is InChI=1S/C23H17F7O/c1-2-3-13-4-6-14(7-5-13)15-8-9-17(18(24)10-15)16-11-19(25)21(20(26)12-16)31-23(29,30)22(27)28/h4-12,22H,2-3H2,1H3. The second-order valence-electron chi connectivity index (χ2n) is 6.88. The third kappa shape index (κ3) is 5.00. The lowest BCUT2D eigenvalue weighted by Gasteiger charge is -2.18. The molecule has 0 bridgehead atoms. The molecule has 3 rings (SSSR count). The second-order valence-corrected chi connectivity index (χ2v) is 6.88. The third-order valence-electron chi connectivity index (χ3n) is 4.60. The Morgan fingerprint density at radius 2 is 1.32 bits per heavy atom. The summed E-state index contributed by atoms with van der Waals surface area (Å²) in [5.74, 6) is -5.80. The monoisotopic (exact) mass is 442 g/mol. The van der Waals surface area contributed by atoms with Crippen LogP contribution in [0.3, 0.4) is 0 Å². The van der Waals surface area contributed by atoms with E-state index in [1.54, 1.807) is 6.07 Å². The Morgan fingerprint density at radius 3 is 1.84 bits per heavy atom. The summed E-state index contributed by atoms with van der Waals surface area (Å²) >= 11 is 0. The van der Waals surface area contributed by atoms with Crippen LogP contribution in [0.5, 0.6) is 5.75 Å². The molecule has 0 atom stereocenters. The van der Waals surface area contributed by atoms with Gasteiger partial charge in [-0.2, -0.15) is 17.6 Å². The summed E-state index contributed by atoms with van der Waals surface area (Å²) in [5, 5.41) is 0. The SMILES string of the molecule is CCCc1ccc(-c2ccc(-c3cc(F)c(OC(F)(F)C(F)F)c(F)c3)c(F)c2)cc1. The molecule has 1 nitrogen and oxygen atoms in total. The van der Waals surface area contributed by atoms with E-state index < -0.39 is 35.7 Å². The molecule has 0 fully saturated rings. The maximum atomic E-state index is 14.7. The minimum atomic E-state index is -5.08. The molecule has 0 aliphatic carbocycles. The first kappa shape index (κ1) is 22.7. The predicted octanol–water partition coefficient (Wildman–Crippen LogP) is 7.63. The summed E-state index contributed by atoms with van der Waals surface area (Å²) in [5.41, 5.74) is 1.90. The van der Waals surface area contributed by atoms with Crippen molar-refractivity contribution in [1.82, 2.24) is 0 Å². The van der Waals surface area contributed by atoms with E-state index in [1.165, 1.54) is 12.1 Å². The first-order chi connectivity index (χ1) is 14.6. The molecule has 8 heteroatoms. The van der Waals surface area contributed by atoms with Crippen molar-refractivity contribution in [1.29, 1.82) is 0 Å². The molecule has 3 aromatic carbocycles. The smallest absolute Gasteiger partial charge is 0.422 e. The molecule has 0 heterocycles. The van der Waals surface area contributed by atoms with E-state index >= 15 is 0 Å². The number of benzene rings is 3. The lowest BCUT2D eigenvalue weighted by molar-refractivity contribution is -0.255. The fraction of sp³-hybridized carbons (Fsp3) is 0.217. The average Bonchev–Trinajstić information content (AvgIpc) is 2.71. The van der Waals surface area contributed by atoms with Crippen LogP contribution in [0.4, 0.5) is 30.7 Å². The number of rotatable bonds is 7. The maximum absolute atomic E-state index is 14.7. The van der Waals surface area contributed by atoms with E-state index in [1.807, 2.05) is 24.3 Å². The van der Waals surface area contributed by atoms with Crippen molar-refractivity contribution < 1.29 is 35.5 Å². The molecule has 0 aliphatic heterocycles. The zero-order chi connectivity index (χ0) is 22.8. The maximum Gasteiger partial charge on any atom is 0.461 e. The summed E-state index contributed by atoms with van der Waals surface area (Å²) in [6.45, 7) is 2.05. The van der Waals surface area contributed by atoms with Gasteiger partial charge in [0.15, 0.2) is 17.4 Å². The minimum Gasteiger partial charge on any atom is -0.422 e. The van der Waals surface area contributed by atoms with Gasteiger partial charge in [0.25, 0.3) is 0 Å². The highest BCUT2D eigenvalue weighted by molar-refractivity contribution is 5.71. The third-order valence-corrected chi connectivity index (χ3v) is 4.60. The fourth-order valence-electron chi connectivity index (χ4n) is 3.07. The molecular formula is C23H17F7O. The molecule has 0 N–H and O–H groups in total. The molecular weight excluding hydrogens is 425 g/mol. The van der Waals surface area contributed by atoms with Crippen LogP contribution in [0.2, 0.25) is 0 Å². The minimum absolute atomic E-state index is 0.198. The lowest BCUT2D eigenvalue weighted by atomic mass is 9.98. The Bertz CT molecular complexity index is 1040. The van der Waals surface area contributed by atoms with Crippen molar-refractivity contribution in [2.45, 2.75) is 32.3 Å². The number of aryl methyl sites for hydroxylation is 1. The molecule has 31 heavy (non-hydrogen) atoms. The molecule has 0 aliphatic rings. The molecule has 0 unspecified atom stereocenters. The summed E-state index contributed by atoms with van der Waals surface area (Å²) in [7, 11) is 0. The van der Waals surface area contributed by atoms with Gasteiger partial charge in [0, 0.05) is 5.56 Å². The van der Waals surface area contributed by atoms with Crippen LogP contribution in [0.25, 0.3) is 22.3 Å². The topological polar surface area (TPSA) is 9.23 Å². The van der Waals surface area contributed by atoms with Crippen LogP contribution in [0.15, 0.2) is 54.6 Å². The van der Waals surface area contributed by atoms with Gasteiger partial charge in [0.1, 0.15) is 5.82 Å². The van der Waals surface area contributed by atoms with Gasteiger partial charge in [-0.05, 0) is 46.9 Å². The Balaban J connectivity index is 1.91. The Kier molecular flexibility index (Phi) is 6.57. The average molecular weight is 442 g/mol.